The minimum absolute atomic E-state index is 0.400. The van der Waals surface area contributed by atoms with Crippen LogP contribution in [0.4, 0.5) is 0 Å². The van der Waals surface area contributed by atoms with E-state index in [1.54, 1.807) is 12.4 Å². The Kier molecular flexibility index (Phi) is 3.68. The SMILES string of the molecule is CCc1nc(CC)n(Cc2cnc(Cl)cn2)n1. The summed E-state index contributed by atoms with van der Waals surface area (Å²) in [6.07, 6.45) is 4.90. The fourth-order valence-corrected chi connectivity index (χ4v) is 1.64. The lowest BCUT2D eigenvalue weighted by Crippen LogP contribution is -2.08. The zero-order valence-corrected chi connectivity index (χ0v) is 10.6. The monoisotopic (exact) mass is 251 g/mol. The summed E-state index contributed by atoms with van der Waals surface area (Å²) in [6, 6.07) is 0. The van der Waals surface area contributed by atoms with Crippen LogP contribution >= 0.6 is 11.6 Å². The second-order valence-corrected chi connectivity index (χ2v) is 4.03. The number of nitrogens with zero attached hydrogens (tertiary/aromatic N) is 5. The topological polar surface area (TPSA) is 56.5 Å². The lowest BCUT2D eigenvalue weighted by atomic mass is 10.4. The number of hydrogen-bond acceptors (Lipinski definition) is 4. The van der Waals surface area contributed by atoms with Crippen LogP contribution < -0.4 is 0 Å². The van der Waals surface area contributed by atoms with Gasteiger partial charge in [-0.3, -0.25) is 4.98 Å². The maximum absolute atomic E-state index is 5.69. The highest BCUT2D eigenvalue weighted by Crippen LogP contribution is 2.06. The second-order valence-electron chi connectivity index (χ2n) is 3.64. The predicted octanol–water partition coefficient (Wildman–Crippen LogP) is 1.89. The van der Waals surface area contributed by atoms with Crippen LogP contribution in [0.2, 0.25) is 5.15 Å². The summed E-state index contributed by atoms with van der Waals surface area (Å²) in [5, 5.41) is 4.82. The van der Waals surface area contributed by atoms with E-state index in [9.17, 15) is 0 Å². The average Bonchev–Trinajstić information content (AvgIpc) is 2.74. The summed E-state index contributed by atoms with van der Waals surface area (Å²) in [7, 11) is 0. The van der Waals surface area contributed by atoms with Crippen molar-refractivity contribution in [3.05, 3.63) is 34.9 Å². The van der Waals surface area contributed by atoms with Crippen molar-refractivity contribution in [1.82, 2.24) is 24.7 Å². The number of aromatic nitrogens is 5. The highest BCUT2D eigenvalue weighted by molar-refractivity contribution is 6.29. The fourth-order valence-electron chi connectivity index (χ4n) is 1.54. The van der Waals surface area contributed by atoms with Crippen molar-refractivity contribution in [3.8, 4) is 0 Å². The predicted molar refractivity (Wildman–Crippen MR) is 64.9 cm³/mol. The molecule has 0 fully saturated rings. The van der Waals surface area contributed by atoms with Gasteiger partial charge in [-0.15, -0.1) is 0 Å². The van der Waals surface area contributed by atoms with Crippen molar-refractivity contribution in [2.24, 2.45) is 0 Å². The van der Waals surface area contributed by atoms with Gasteiger partial charge in [-0.1, -0.05) is 25.4 Å². The smallest absolute Gasteiger partial charge is 0.150 e. The minimum atomic E-state index is 0.400. The van der Waals surface area contributed by atoms with E-state index in [2.05, 4.69) is 27.0 Å². The molecule has 0 amide bonds. The Morgan fingerprint density at radius 2 is 2.00 bits per heavy atom. The van der Waals surface area contributed by atoms with E-state index in [1.807, 2.05) is 11.6 Å². The molecule has 0 bridgehead atoms. The average molecular weight is 252 g/mol. The summed E-state index contributed by atoms with van der Waals surface area (Å²) in [5.41, 5.74) is 0.830. The first kappa shape index (κ1) is 12.0. The maximum Gasteiger partial charge on any atom is 0.150 e. The molecule has 0 aliphatic heterocycles. The lowest BCUT2D eigenvalue weighted by molar-refractivity contribution is 0.624. The van der Waals surface area contributed by atoms with Gasteiger partial charge in [0, 0.05) is 12.8 Å². The zero-order valence-electron chi connectivity index (χ0n) is 9.89. The van der Waals surface area contributed by atoms with Gasteiger partial charge in [0.05, 0.1) is 24.6 Å². The Labute approximate surface area is 105 Å². The van der Waals surface area contributed by atoms with Gasteiger partial charge < -0.3 is 0 Å². The van der Waals surface area contributed by atoms with Crippen LogP contribution in [0.3, 0.4) is 0 Å². The number of aryl methyl sites for hydroxylation is 2. The molecule has 90 valence electrons. The Bertz CT molecular complexity index is 491. The molecule has 0 aliphatic rings. The Morgan fingerprint density at radius 3 is 2.59 bits per heavy atom. The van der Waals surface area contributed by atoms with Gasteiger partial charge in [0.25, 0.3) is 0 Å². The third-order valence-electron chi connectivity index (χ3n) is 2.41. The Balaban J connectivity index is 2.22. The van der Waals surface area contributed by atoms with Crippen molar-refractivity contribution in [2.45, 2.75) is 33.2 Å². The van der Waals surface area contributed by atoms with Gasteiger partial charge in [0.2, 0.25) is 0 Å². The molecular formula is C11H14ClN5. The largest absolute Gasteiger partial charge is 0.254 e. The first-order valence-corrected chi connectivity index (χ1v) is 5.99. The van der Waals surface area contributed by atoms with Crippen LogP contribution in [0.5, 0.6) is 0 Å². The van der Waals surface area contributed by atoms with E-state index < -0.39 is 0 Å². The Hall–Kier alpha value is -1.49. The van der Waals surface area contributed by atoms with Crippen molar-refractivity contribution in [1.29, 1.82) is 0 Å². The van der Waals surface area contributed by atoms with E-state index in [-0.39, 0.29) is 0 Å². The van der Waals surface area contributed by atoms with Gasteiger partial charge in [-0.25, -0.2) is 14.6 Å². The molecule has 17 heavy (non-hydrogen) atoms. The van der Waals surface area contributed by atoms with Crippen LogP contribution in [0.1, 0.15) is 31.2 Å². The lowest BCUT2D eigenvalue weighted by Gasteiger charge is -2.03. The summed E-state index contributed by atoms with van der Waals surface area (Å²) < 4.78 is 1.87. The Morgan fingerprint density at radius 1 is 1.18 bits per heavy atom. The van der Waals surface area contributed by atoms with E-state index >= 15 is 0 Å². The fraction of sp³-hybridized carbons (Fsp3) is 0.455. The van der Waals surface area contributed by atoms with Crippen LogP contribution in [0.25, 0.3) is 0 Å². The standard InChI is InChI=1S/C11H14ClN5/c1-3-10-15-11(4-2)17(16-10)7-8-5-14-9(12)6-13-8/h5-6H,3-4,7H2,1-2H3. The van der Waals surface area contributed by atoms with E-state index in [4.69, 9.17) is 11.6 Å². The molecule has 2 heterocycles. The summed E-state index contributed by atoms with van der Waals surface area (Å²) in [6.45, 7) is 4.69. The van der Waals surface area contributed by atoms with Crippen LogP contribution in [-0.4, -0.2) is 24.7 Å². The molecule has 0 atom stereocenters. The van der Waals surface area contributed by atoms with Crippen molar-refractivity contribution in [3.63, 3.8) is 0 Å². The van der Waals surface area contributed by atoms with E-state index in [0.717, 1.165) is 30.2 Å². The highest BCUT2D eigenvalue weighted by Gasteiger charge is 2.08. The maximum atomic E-state index is 5.69. The zero-order chi connectivity index (χ0) is 12.3. The third kappa shape index (κ3) is 2.79. The number of halogens is 1. The molecular weight excluding hydrogens is 238 g/mol. The van der Waals surface area contributed by atoms with Gasteiger partial charge >= 0.3 is 0 Å². The molecule has 0 aliphatic carbocycles. The van der Waals surface area contributed by atoms with Crippen LogP contribution in [0.15, 0.2) is 12.4 Å². The number of rotatable bonds is 4. The quantitative estimate of drug-likeness (QED) is 0.833. The minimum Gasteiger partial charge on any atom is -0.254 e. The molecule has 0 saturated heterocycles. The number of hydrogen-bond donors (Lipinski definition) is 0. The molecule has 0 saturated carbocycles. The van der Waals surface area contributed by atoms with Gasteiger partial charge in [-0.2, -0.15) is 5.10 Å². The van der Waals surface area contributed by atoms with Gasteiger partial charge in [-0.05, 0) is 0 Å². The second kappa shape index (κ2) is 5.23. The van der Waals surface area contributed by atoms with Crippen LogP contribution in [-0.2, 0) is 19.4 Å². The first-order chi connectivity index (χ1) is 8.22. The van der Waals surface area contributed by atoms with E-state index in [1.165, 1.54) is 0 Å². The molecule has 5 nitrogen and oxygen atoms in total. The van der Waals surface area contributed by atoms with Gasteiger partial charge in [0.1, 0.15) is 11.0 Å². The highest BCUT2D eigenvalue weighted by atomic mass is 35.5. The third-order valence-corrected chi connectivity index (χ3v) is 2.61. The van der Waals surface area contributed by atoms with E-state index in [0.29, 0.717) is 11.7 Å². The normalized spacial score (nSPS) is 10.8. The molecule has 2 aromatic rings. The molecule has 6 heteroatoms. The van der Waals surface area contributed by atoms with Crippen molar-refractivity contribution < 1.29 is 0 Å². The molecule has 0 spiro atoms. The first-order valence-electron chi connectivity index (χ1n) is 5.62. The van der Waals surface area contributed by atoms with Crippen molar-refractivity contribution >= 4 is 11.6 Å². The summed E-state index contributed by atoms with van der Waals surface area (Å²) in [4.78, 5) is 12.6. The molecule has 0 unspecified atom stereocenters. The molecule has 2 aromatic heterocycles. The van der Waals surface area contributed by atoms with Gasteiger partial charge in [0.15, 0.2) is 5.82 Å². The molecule has 0 radical (unpaired) electrons. The molecule has 0 N–H and O–H groups in total. The molecule has 0 aromatic carbocycles. The molecule has 2 rings (SSSR count). The summed E-state index contributed by atoms with van der Waals surface area (Å²) >= 11 is 5.69. The van der Waals surface area contributed by atoms with Crippen LogP contribution in [0, 0.1) is 0 Å². The summed E-state index contributed by atoms with van der Waals surface area (Å²) in [5.74, 6) is 1.84. The van der Waals surface area contributed by atoms with Crippen molar-refractivity contribution in [2.75, 3.05) is 0 Å².